The van der Waals surface area contributed by atoms with E-state index in [-0.39, 0.29) is 11.8 Å². The van der Waals surface area contributed by atoms with Crippen LogP contribution in [0.2, 0.25) is 0 Å². The fraction of sp³-hybridized carbons (Fsp3) is 0.917. The molecule has 1 fully saturated rings. The minimum Gasteiger partial charge on any atom is -0.352 e. The second kappa shape index (κ2) is 6.11. The lowest BCUT2D eigenvalue weighted by molar-refractivity contribution is -0.125. The number of carbonyl (C=O) groups is 1. The number of amides is 1. The highest BCUT2D eigenvalue weighted by atomic mass is 16.1. The minimum absolute atomic E-state index is 0.157. The number of carbonyl (C=O) groups excluding carboxylic acids is 1. The van der Waals surface area contributed by atoms with Crippen molar-refractivity contribution in [1.29, 1.82) is 0 Å². The van der Waals surface area contributed by atoms with Gasteiger partial charge in [-0.1, -0.05) is 20.3 Å². The van der Waals surface area contributed by atoms with Gasteiger partial charge in [-0.25, -0.2) is 0 Å². The van der Waals surface area contributed by atoms with Gasteiger partial charge in [0.25, 0.3) is 0 Å². The third-order valence-corrected chi connectivity index (χ3v) is 3.26. The van der Waals surface area contributed by atoms with E-state index in [4.69, 9.17) is 0 Å². The highest BCUT2D eigenvalue weighted by Gasteiger charge is 2.23. The molecule has 0 aromatic rings. The van der Waals surface area contributed by atoms with E-state index in [1.54, 1.807) is 0 Å². The summed E-state index contributed by atoms with van der Waals surface area (Å²) >= 11 is 0. The maximum absolute atomic E-state index is 11.8. The predicted molar refractivity (Wildman–Crippen MR) is 62.7 cm³/mol. The molecule has 0 saturated carbocycles. The van der Waals surface area contributed by atoms with Gasteiger partial charge in [0.05, 0.1) is 0 Å². The molecule has 2 N–H and O–H groups in total. The van der Waals surface area contributed by atoms with Gasteiger partial charge < -0.3 is 10.6 Å². The van der Waals surface area contributed by atoms with Gasteiger partial charge >= 0.3 is 0 Å². The Morgan fingerprint density at radius 1 is 1.60 bits per heavy atom. The molecule has 3 atom stereocenters. The first kappa shape index (κ1) is 12.5. The van der Waals surface area contributed by atoms with Crippen LogP contribution in [0.1, 0.15) is 46.5 Å². The van der Waals surface area contributed by atoms with E-state index in [9.17, 15) is 4.79 Å². The summed E-state index contributed by atoms with van der Waals surface area (Å²) in [5, 5.41) is 6.55. The lowest BCUT2D eigenvalue weighted by Gasteiger charge is -2.31. The van der Waals surface area contributed by atoms with Crippen molar-refractivity contribution in [3.63, 3.8) is 0 Å². The lowest BCUT2D eigenvalue weighted by atomic mass is 9.98. The second-order valence-electron chi connectivity index (χ2n) is 4.69. The Bertz CT molecular complexity index is 206. The molecule has 88 valence electrons. The van der Waals surface area contributed by atoms with Crippen molar-refractivity contribution in [3.05, 3.63) is 0 Å². The van der Waals surface area contributed by atoms with Gasteiger partial charge in [-0.15, -0.1) is 0 Å². The summed E-state index contributed by atoms with van der Waals surface area (Å²) in [5.74, 6) is 0.376. The fourth-order valence-electron chi connectivity index (χ4n) is 2.13. The van der Waals surface area contributed by atoms with Crippen molar-refractivity contribution in [3.8, 4) is 0 Å². The summed E-state index contributed by atoms with van der Waals surface area (Å²) in [6.07, 6.45) is 4.34. The summed E-state index contributed by atoms with van der Waals surface area (Å²) in [5.41, 5.74) is 0. The van der Waals surface area contributed by atoms with E-state index >= 15 is 0 Å². The summed E-state index contributed by atoms with van der Waals surface area (Å²) in [6.45, 7) is 7.36. The van der Waals surface area contributed by atoms with Crippen LogP contribution < -0.4 is 10.6 Å². The molecule has 1 heterocycles. The molecule has 1 amide bonds. The van der Waals surface area contributed by atoms with Crippen molar-refractivity contribution in [2.45, 2.75) is 58.5 Å². The third-order valence-electron chi connectivity index (χ3n) is 3.26. The van der Waals surface area contributed by atoms with Gasteiger partial charge in [0, 0.05) is 18.0 Å². The van der Waals surface area contributed by atoms with E-state index in [1.807, 2.05) is 6.92 Å². The van der Waals surface area contributed by atoms with Crippen LogP contribution in [0.3, 0.4) is 0 Å². The minimum atomic E-state index is 0.157. The van der Waals surface area contributed by atoms with Crippen LogP contribution in [-0.2, 0) is 4.79 Å². The molecule has 3 nitrogen and oxygen atoms in total. The summed E-state index contributed by atoms with van der Waals surface area (Å²) < 4.78 is 0. The Morgan fingerprint density at radius 2 is 2.33 bits per heavy atom. The topological polar surface area (TPSA) is 41.1 Å². The molecule has 0 aromatic carbocycles. The summed E-state index contributed by atoms with van der Waals surface area (Å²) in [7, 11) is 0. The highest BCUT2D eigenvalue weighted by molar-refractivity contribution is 5.78. The van der Waals surface area contributed by atoms with E-state index in [0.717, 1.165) is 32.2 Å². The molecule has 1 aliphatic heterocycles. The number of hydrogen-bond donors (Lipinski definition) is 2. The van der Waals surface area contributed by atoms with Crippen molar-refractivity contribution in [2.24, 2.45) is 5.92 Å². The second-order valence-corrected chi connectivity index (χ2v) is 4.69. The van der Waals surface area contributed by atoms with Crippen LogP contribution in [0.25, 0.3) is 0 Å². The smallest absolute Gasteiger partial charge is 0.223 e. The van der Waals surface area contributed by atoms with Crippen LogP contribution in [0.15, 0.2) is 0 Å². The van der Waals surface area contributed by atoms with Crippen molar-refractivity contribution >= 4 is 5.91 Å². The van der Waals surface area contributed by atoms with Crippen LogP contribution in [0.4, 0.5) is 0 Å². The maximum Gasteiger partial charge on any atom is 0.223 e. The van der Waals surface area contributed by atoms with Gasteiger partial charge in [0.15, 0.2) is 0 Å². The highest BCUT2D eigenvalue weighted by Crippen LogP contribution is 2.11. The number of piperidine rings is 1. The largest absolute Gasteiger partial charge is 0.352 e. The Labute approximate surface area is 93.0 Å². The van der Waals surface area contributed by atoms with E-state index < -0.39 is 0 Å². The predicted octanol–water partition coefficient (Wildman–Crippen LogP) is 1.68. The van der Waals surface area contributed by atoms with E-state index in [2.05, 4.69) is 24.5 Å². The van der Waals surface area contributed by atoms with Crippen molar-refractivity contribution in [2.75, 3.05) is 6.54 Å². The molecular formula is C12H24N2O. The first-order valence-corrected chi connectivity index (χ1v) is 6.19. The van der Waals surface area contributed by atoms with Crippen molar-refractivity contribution < 1.29 is 4.79 Å². The maximum atomic E-state index is 11.8. The summed E-state index contributed by atoms with van der Waals surface area (Å²) in [4.78, 5) is 11.8. The number of hydrogen-bond acceptors (Lipinski definition) is 2. The molecule has 0 aliphatic carbocycles. The molecule has 1 rings (SSSR count). The molecule has 3 heteroatoms. The van der Waals surface area contributed by atoms with Crippen LogP contribution >= 0.6 is 0 Å². The molecular weight excluding hydrogens is 188 g/mol. The first-order chi connectivity index (χ1) is 7.15. The average Bonchev–Trinajstić information content (AvgIpc) is 2.21. The SMILES string of the molecule is CCCC(C)C(=O)NC1CCCNC1C. The molecule has 0 spiro atoms. The molecule has 1 saturated heterocycles. The molecule has 3 unspecified atom stereocenters. The zero-order valence-corrected chi connectivity index (χ0v) is 10.2. The third kappa shape index (κ3) is 3.82. The quantitative estimate of drug-likeness (QED) is 0.744. The van der Waals surface area contributed by atoms with Crippen LogP contribution in [-0.4, -0.2) is 24.5 Å². The zero-order chi connectivity index (χ0) is 11.3. The standard InChI is InChI=1S/C12H24N2O/c1-4-6-9(2)12(15)14-11-7-5-8-13-10(11)3/h9-11,13H,4-8H2,1-3H3,(H,14,15). The fourth-order valence-corrected chi connectivity index (χ4v) is 2.13. The molecule has 0 bridgehead atoms. The summed E-state index contributed by atoms with van der Waals surface area (Å²) in [6, 6.07) is 0.738. The van der Waals surface area contributed by atoms with Gasteiger partial charge in [0.1, 0.15) is 0 Å². The van der Waals surface area contributed by atoms with Crippen LogP contribution in [0.5, 0.6) is 0 Å². The number of nitrogens with one attached hydrogen (secondary N) is 2. The van der Waals surface area contributed by atoms with Crippen molar-refractivity contribution in [1.82, 2.24) is 10.6 Å². The van der Waals surface area contributed by atoms with Crippen LogP contribution in [0, 0.1) is 5.92 Å². The molecule has 1 aliphatic rings. The zero-order valence-electron chi connectivity index (χ0n) is 10.2. The van der Waals surface area contributed by atoms with E-state index in [0.29, 0.717) is 12.1 Å². The molecule has 0 radical (unpaired) electrons. The molecule has 15 heavy (non-hydrogen) atoms. The lowest BCUT2D eigenvalue weighted by Crippen LogP contribution is -2.52. The van der Waals surface area contributed by atoms with Gasteiger partial charge in [-0.2, -0.15) is 0 Å². The Hall–Kier alpha value is -0.570. The van der Waals surface area contributed by atoms with Gasteiger partial charge in [0.2, 0.25) is 5.91 Å². The number of rotatable bonds is 4. The van der Waals surface area contributed by atoms with Gasteiger partial charge in [-0.3, -0.25) is 4.79 Å². The Balaban J connectivity index is 2.35. The Morgan fingerprint density at radius 3 is 2.93 bits per heavy atom. The average molecular weight is 212 g/mol. The van der Waals surface area contributed by atoms with Gasteiger partial charge in [-0.05, 0) is 32.7 Å². The van der Waals surface area contributed by atoms with E-state index in [1.165, 1.54) is 0 Å². The monoisotopic (exact) mass is 212 g/mol. The molecule has 0 aromatic heterocycles. The first-order valence-electron chi connectivity index (χ1n) is 6.19. The Kier molecular flexibility index (Phi) is 5.09. The normalized spacial score (nSPS) is 28.5.